The molecule has 1 aromatic heterocycles. The Kier molecular flexibility index (Phi) is 4.81. The van der Waals surface area contributed by atoms with Crippen molar-refractivity contribution >= 4 is 11.6 Å². The van der Waals surface area contributed by atoms with Crippen molar-refractivity contribution in [2.24, 2.45) is 11.8 Å². The summed E-state index contributed by atoms with van der Waals surface area (Å²) in [7, 11) is 0. The Hall–Kier alpha value is -1.36. The fraction of sp³-hybridized carbons (Fsp3) is 0.733. The Labute approximate surface area is 121 Å². The van der Waals surface area contributed by atoms with Crippen LogP contribution in [0.2, 0.25) is 0 Å². The van der Waals surface area contributed by atoms with E-state index in [9.17, 15) is 0 Å². The van der Waals surface area contributed by atoms with Crippen LogP contribution in [-0.2, 0) is 0 Å². The Morgan fingerprint density at radius 2 is 1.70 bits per heavy atom. The summed E-state index contributed by atoms with van der Waals surface area (Å²) >= 11 is 0. The van der Waals surface area contributed by atoms with E-state index in [4.69, 9.17) is 5.84 Å². The Balaban J connectivity index is 2.22. The second-order valence-corrected chi connectivity index (χ2v) is 6.18. The average Bonchev–Trinajstić information content (AvgIpc) is 2.94. The van der Waals surface area contributed by atoms with E-state index in [1.54, 1.807) is 0 Å². The van der Waals surface area contributed by atoms with Crippen molar-refractivity contribution in [3.8, 4) is 0 Å². The Morgan fingerprint density at radius 1 is 1.10 bits per heavy atom. The average molecular weight is 277 g/mol. The highest BCUT2D eigenvalue weighted by atomic mass is 15.3. The lowest BCUT2D eigenvalue weighted by Crippen LogP contribution is -2.26. The van der Waals surface area contributed by atoms with Gasteiger partial charge in [-0.3, -0.25) is 0 Å². The van der Waals surface area contributed by atoms with E-state index in [1.807, 2.05) is 6.92 Å². The highest BCUT2D eigenvalue weighted by Gasteiger charge is 2.23. The third kappa shape index (κ3) is 3.20. The first kappa shape index (κ1) is 15.0. The van der Waals surface area contributed by atoms with Gasteiger partial charge in [0.05, 0.1) is 0 Å². The fourth-order valence-corrected chi connectivity index (χ4v) is 2.86. The molecule has 1 aliphatic carbocycles. The quantitative estimate of drug-likeness (QED) is 0.569. The molecule has 0 radical (unpaired) electrons. The molecule has 4 N–H and O–H groups in total. The third-order valence-corrected chi connectivity index (χ3v) is 4.29. The van der Waals surface area contributed by atoms with Crippen LogP contribution in [0.15, 0.2) is 0 Å². The van der Waals surface area contributed by atoms with Crippen LogP contribution in [0.25, 0.3) is 0 Å². The van der Waals surface area contributed by atoms with Crippen LogP contribution >= 0.6 is 0 Å². The molecular formula is C15H27N5. The van der Waals surface area contributed by atoms with Crippen molar-refractivity contribution in [1.29, 1.82) is 0 Å². The van der Waals surface area contributed by atoms with Gasteiger partial charge in [-0.25, -0.2) is 15.8 Å². The number of nitrogen functional groups attached to an aromatic ring is 1. The Morgan fingerprint density at radius 3 is 2.25 bits per heavy atom. The number of hydrazine groups is 1. The molecule has 1 aromatic rings. The van der Waals surface area contributed by atoms with Crippen molar-refractivity contribution in [2.75, 3.05) is 10.7 Å². The van der Waals surface area contributed by atoms with Gasteiger partial charge >= 0.3 is 0 Å². The number of nitrogens with zero attached hydrogens (tertiary/aromatic N) is 2. The lowest BCUT2D eigenvalue weighted by Gasteiger charge is -2.23. The third-order valence-electron chi connectivity index (χ3n) is 4.29. The number of nitrogens with one attached hydrogen (secondary N) is 2. The number of aromatic nitrogens is 2. The van der Waals surface area contributed by atoms with E-state index in [2.05, 4.69) is 41.5 Å². The van der Waals surface area contributed by atoms with Crippen molar-refractivity contribution in [3.05, 3.63) is 11.4 Å². The molecule has 1 fully saturated rings. The predicted octanol–water partition coefficient (Wildman–Crippen LogP) is 3.18. The highest BCUT2D eigenvalue weighted by Crippen LogP contribution is 2.30. The second kappa shape index (κ2) is 6.39. The van der Waals surface area contributed by atoms with Crippen molar-refractivity contribution in [3.63, 3.8) is 0 Å². The number of rotatable bonds is 5. The molecule has 0 saturated heterocycles. The minimum absolute atomic E-state index is 0.282. The molecule has 20 heavy (non-hydrogen) atoms. The SMILES string of the molecule is Cc1c(NN)nc(C(C)C)nc1NC(C)C1CCCC1. The van der Waals surface area contributed by atoms with Crippen LogP contribution in [0.4, 0.5) is 11.6 Å². The van der Waals surface area contributed by atoms with Crippen molar-refractivity contribution in [2.45, 2.75) is 65.3 Å². The van der Waals surface area contributed by atoms with E-state index < -0.39 is 0 Å². The first-order valence-corrected chi connectivity index (χ1v) is 7.64. The molecule has 1 aliphatic rings. The molecule has 1 saturated carbocycles. The van der Waals surface area contributed by atoms with Crippen LogP contribution in [0.3, 0.4) is 0 Å². The largest absolute Gasteiger partial charge is 0.367 e. The maximum Gasteiger partial charge on any atom is 0.148 e. The predicted molar refractivity (Wildman–Crippen MR) is 83.7 cm³/mol. The van der Waals surface area contributed by atoms with Gasteiger partial charge in [0.1, 0.15) is 17.5 Å². The van der Waals surface area contributed by atoms with Gasteiger partial charge < -0.3 is 10.7 Å². The van der Waals surface area contributed by atoms with Crippen LogP contribution in [-0.4, -0.2) is 16.0 Å². The molecule has 2 rings (SSSR count). The van der Waals surface area contributed by atoms with Gasteiger partial charge in [-0.1, -0.05) is 26.7 Å². The summed E-state index contributed by atoms with van der Waals surface area (Å²) in [5.74, 6) is 9.06. The summed E-state index contributed by atoms with van der Waals surface area (Å²) in [6.45, 7) is 8.44. The van der Waals surface area contributed by atoms with E-state index >= 15 is 0 Å². The molecule has 1 atom stereocenters. The van der Waals surface area contributed by atoms with Crippen LogP contribution in [0.1, 0.15) is 63.8 Å². The van der Waals surface area contributed by atoms with E-state index in [1.165, 1.54) is 25.7 Å². The normalized spacial score (nSPS) is 17.5. The minimum atomic E-state index is 0.282. The van der Waals surface area contributed by atoms with Gasteiger partial charge in [0.25, 0.3) is 0 Å². The molecule has 112 valence electrons. The number of hydrogen-bond donors (Lipinski definition) is 3. The van der Waals surface area contributed by atoms with Crippen molar-refractivity contribution < 1.29 is 0 Å². The molecule has 0 spiro atoms. The van der Waals surface area contributed by atoms with Gasteiger partial charge in [0.15, 0.2) is 0 Å². The molecular weight excluding hydrogens is 250 g/mol. The summed E-state index contributed by atoms with van der Waals surface area (Å²) < 4.78 is 0. The summed E-state index contributed by atoms with van der Waals surface area (Å²) in [6, 6.07) is 0.441. The highest BCUT2D eigenvalue weighted by molar-refractivity contribution is 5.57. The first-order chi connectivity index (χ1) is 9.52. The number of hydrogen-bond acceptors (Lipinski definition) is 5. The molecule has 5 heteroatoms. The summed E-state index contributed by atoms with van der Waals surface area (Å²) in [4.78, 5) is 9.14. The maximum atomic E-state index is 5.57. The van der Waals surface area contributed by atoms with Crippen molar-refractivity contribution in [1.82, 2.24) is 9.97 Å². The van der Waals surface area contributed by atoms with Crippen LogP contribution in [0, 0.1) is 12.8 Å². The van der Waals surface area contributed by atoms with E-state index in [0.29, 0.717) is 11.9 Å². The first-order valence-electron chi connectivity index (χ1n) is 7.64. The number of anilines is 2. The summed E-state index contributed by atoms with van der Waals surface area (Å²) in [6.07, 6.45) is 5.34. The lowest BCUT2D eigenvalue weighted by molar-refractivity contribution is 0.480. The summed E-state index contributed by atoms with van der Waals surface area (Å²) in [5, 5.41) is 3.58. The topological polar surface area (TPSA) is 75.9 Å². The molecule has 0 aliphatic heterocycles. The monoisotopic (exact) mass is 277 g/mol. The van der Waals surface area contributed by atoms with E-state index in [-0.39, 0.29) is 5.92 Å². The van der Waals surface area contributed by atoms with Gasteiger partial charge in [-0.2, -0.15) is 0 Å². The smallest absolute Gasteiger partial charge is 0.148 e. The van der Waals surface area contributed by atoms with Gasteiger partial charge in [-0.05, 0) is 32.6 Å². The number of nitrogens with two attached hydrogens (primary N) is 1. The standard InChI is InChI=1S/C15H27N5/c1-9(2)13-18-14(10(3)15(19-13)20-16)17-11(4)12-7-5-6-8-12/h9,11-12H,5-8,16H2,1-4H3,(H2,17,18,19,20). The zero-order chi connectivity index (χ0) is 14.7. The second-order valence-electron chi connectivity index (χ2n) is 6.18. The fourth-order valence-electron chi connectivity index (χ4n) is 2.86. The molecule has 0 amide bonds. The van der Waals surface area contributed by atoms with Crippen LogP contribution in [0.5, 0.6) is 0 Å². The molecule has 0 bridgehead atoms. The lowest BCUT2D eigenvalue weighted by atomic mass is 10.00. The molecule has 5 nitrogen and oxygen atoms in total. The summed E-state index contributed by atoms with van der Waals surface area (Å²) in [5.41, 5.74) is 3.67. The van der Waals surface area contributed by atoms with Gasteiger partial charge in [0, 0.05) is 17.5 Å². The maximum absolute atomic E-state index is 5.57. The Bertz CT molecular complexity index is 452. The molecule has 1 heterocycles. The molecule has 0 aromatic carbocycles. The van der Waals surface area contributed by atoms with Gasteiger partial charge in [-0.15, -0.1) is 0 Å². The van der Waals surface area contributed by atoms with E-state index in [0.717, 1.165) is 23.1 Å². The van der Waals surface area contributed by atoms with Gasteiger partial charge in [0.2, 0.25) is 0 Å². The zero-order valence-corrected chi connectivity index (χ0v) is 13.0. The zero-order valence-electron chi connectivity index (χ0n) is 13.0. The minimum Gasteiger partial charge on any atom is -0.367 e. The molecule has 1 unspecified atom stereocenters. The van der Waals surface area contributed by atoms with Crippen LogP contribution < -0.4 is 16.6 Å².